The third-order valence-corrected chi connectivity index (χ3v) is 6.98. The second-order valence-corrected chi connectivity index (χ2v) is 10.7. The van der Waals surface area contributed by atoms with E-state index in [0.717, 1.165) is 5.56 Å². The summed E-state index contributed by atoms with van der Waals surface area (Å²) >= 11 is 0. The van der Waals surface area contributed by atoms with Gasteiger partial charge in [-0.3, -0.25) is 9.59 Å². The Hall–Kier alpha value is -1.93. The molecular weight excluding hydrogens is 390 g/mol. The van der Waals surface area contributed by atoms with Crippen molar-refractivity contribution in [2.45, 2.75) is 77.6 Å². The molecule has 1 saturated carbocycles. The van der Waals surface area contributed by atoms with Gasteiger partial charge in [-0.1, -0.05) is 0 Å². The van der Waals surface area contributed by atoms with Gasteiger partial charge in [-0.15, -0.1) is 0 Å². The molecule has 0 spiro atoms. The molecule has 2 rings (SSSR count). The Morgan fingerprint density at radius 3 is 2.17 bits per heavy atom. The first kappa shape index (κ1) is 23.3. The largest absolute Gasteiger partial charge is 0.350 e. The number of hydrogen-bond donors (Lipinski definition) is 3. The molecule has 1 aliphatic rings. The molecule has 0 heterocycles. The molecule has 1 aromatic rings. The molecule has 0 atom stereocenters. The molecule has 0 aliphatic heterocycles. The van der Waals surface area contributed by atoms with Gasteiger partial charge < -0.3 is 10.6 Å². The van der Waals surface area contributed by atoms with Crippen LogP contribution in [0.4, 0.5) is 5.69 Å². The second-order valence-electron chi connectivity index (χ2n) is 8.47. The fourth-order valence-electron chi connectivity index (χ4n) is 3.42. The van der Waals surface area contributed by atoms with E-state index in [1.54, 1.807) is 26.0 Å². The molecule has 29 heavy (non-hydrogen) atoms. The predicted octanol–water partition coefficient (Wildman–Crippen LogP) is 2.96. The van der Waals surface area contributed by atoms with Gasteiger partial charge >= 0.3 is 0 Å². The van der Waals surface area contributed by atoms with Crippen molar-refractivity contribution in [3.63, 3.8) is 0 Å². The summed E-state index contributed by atoms with van der Waals surface area (Å²) in [6.07, 6.45) is 2.53. The standard InChI is InChI=1S/C21H33N3O4S/c1-13(2)22-21(26)17-10-15(5)11-19(12-17)23-20(25)16-6-8-18(9-7-16)24-29(27,28)14(3)4/h10-14,16,18,24H,6-9H2,1-5H3,(H,22,26)(H,23,25)/t16-,18-. The van der Waals surface area contributed by atoms with Crippen molar-refractivity contribution in [3.05, 3.63) is 29.3 Å². The van der Waals surface area contributed by atoms with E-state index < -0.39 is 15.3 Å². The predicted molar refractivity (Wildman–Crippen MR) is 115 cm³/mol. The molecule has 0 saturated heterocycles. The van der Waals surface area contributed by atoms with Crippen molar-refractivity contribution in [1.29, 1.82) is 0 Å². The highest BCUT2D eigenvalue weighted by Gasteiger charge is 2.29. The van der Waals surface area contributed by atoms with Crippen LogP contribution >= 0.6 is 0 Å². The van der Waals surface area contributed by atoms with Gasteiger partial charge in [0.2, 0.25) is 15.9 Å². The smallest absolute Gasteiger partial charge is 0.251 e. The Balaban J connectivity index is 1.96. The van der Waals surface area contributed by atoms with Crippen molar-refractivity contribution in [2.24, 2.45) is 5.92 Å². The summed E-state index contributed by atoms with van der Waals surface area (Å²) in [6, 6.07) is 5.23. The van der Waals surface area contributed by atoms with E-state index >= 15 is 0 Å². The van der Waals surface area contributed by atoms with Crippen LogP contribution < -0.4 is 15.4 Å². The molecule has 1 fully saturated rings. The number of carbonyl (C=O) groups excluding carboxylic acids is 2. The van der Waals surface area contributed by atoms with Crippen LogP contribution in [0, 0.1) is 12.8 Å². The molecule has 0 bridgehead atoms. The fraction of sp³-hybridized carbons (Fsp3) is 0.619. The minimum Gasteiger partial charge on any atom is -0.350 e. The monoisotopic (exact) mass is 423 g/mol. The first-order chi connectivity index (χ1) is 13.5. The lowest BCUT2D eigenvalue weighted by molar-refractivity contribution is -0.120. The summed E-state index contributed by atoms with van der Waals surface area (Å²) in [5.74, 6) is -0.420. The lowest BCUT2D eigenvalue weighted by atomic mass is 9.86. The Morgan fingerprint density at radius 2 is 1.62 bits per heavy atom. The summed E-state index contributed by atoms with van der Waals surface area (Å²) in [7, 11) is -3.30. The zero-order valence-corrected chi connectivity index (χ0v) is 18.7. The number of sulfonamides is 1. The van der Waals surface area contributed by atoms with Crippen LogP contribution in [-0.4, -0.2) is 37.6 Å². The van der Waals surface area contributed by atoms with Crippen LogP contribution in [0.2, 0.25) is 0 Å². The molecular formula is C21H33N3O4S. The van der Waals surface area contributed by atoms with Gasteiger partial charge in [0.05, 0.1) is 5.25 Å². The van der Waals surface area contributed by atoms with E-state index in [1.165, 1.54) is 0 Å². The molecule has 0 aromatic heterocycles. The van der Waals surface area contributed by atoms with Crippen LogP contribution in [0.25, 0.3) is 0 Å². The molecule has 1 aromatic carbocycles. The SMILES string of the molecule is Cc1cc(NC(=O)[C@H]2CC[C@H](NS(=O)(=O)C(C)C)CC2)cc(C(=O)NC(C)C)c1. The van der Waals surface area contributed by atoms with Crippen LogP contribution in [-0.2, 0) is 14.8 Å². The van der Waals surface area contributed by atoms with Crippen LogP contribution in [0.1, 0.15) is 69.3 Å². The minimum atomic E-state index is -3.30. The lowest BCUT2D eigenvalue weighted by Gasteiger charge is -2.28. The average Bonchev–Trinajstić information content (AvgIpc) is 2.60. The summed E-state index contributed by atoms with van der Waals surface area (Å²) < 4.78 is 26.8. The van der Waals surface area contributed by atoms with Gasteiger partial charge in [0, 0.05) is 29.3 Å². The molecule has 162 valence electrons. The topological polar surface area (TPSA) is 104 Å². The van der Waals surface area contributed by atoms with Crippen molar-refractivity contribution in [3.8, 4) is 0 Å². The van der Waals surface area contributed by atoms with E-state index in [9.17, 15) is 18.0 Å². The Bertz CT molecular complexity index is 841. The van der Waals surface area contributed by atoms with Crippen molar-refractivity contribution < 1.29 is 18.0 Å². The van der Waals surface area contributed by atoms with Crippen molar-refractivity contribution in [2.75, 3.05) is 5.32 Å². The lowest BCUT2D eigenvalue weighted by Crippen LogP contribution is -2.42. The number of amides is 2. The highest BCUT2D eigenvalue weighted by Crippen LogP contribution is 2.27. The minimum absolute atomic E-state index is 0.0318. The zero-order valence-electron chi connectivity index (χ0n) is 17.9. The van der Waals surface area contributed by atoms with Crippen molar-refractivity contribution in [1.82, 2.24) is 10.0 Å². The second kappa shape index (κ2) is 9.71. The molecule has 8 heteroatoms. The van der Waals surface area contributed by atoms with E-state index in [2.05, 4.69) is 15.4 Å². The molecule has 0 unspecified atom stereocenters. The average molecular weight is 424 g/mol. The molecule has 2 amide bonds. The third kappa shape index (κ3) is 6.82. The number of aryl methyl sites for hydroxylation is 1. The first-order valence-corrected chi connectivity index (χ1v) is 11.8. The maximum atomic E-state index is 12.7. The van der Waals surface area contributed by atoms with Crippen LogP contribution in [0.15, 0.2) is 18.2 Å². The number of hydrogen-bond acceptors (Lipinski definition) is 4. The Labute approximate surface area is 174 Å². The number of nitrogens with one attached hydrogen (secondary N) is 3. The maximum absolute atomic E-state index is 12.7. The number of benzene rings is 1. The molecule has 0 radical (unpaired) electrons. The number of anilines is 1. The highest BCUT2D eigenvalue weighted by molar-refractivity contribution is 7.90. The van der Waals surface area contributed by atoms with Gasteiger partial charge in [-0.05, 0) is 84.1 Å². The van der Waals surface area contributed by atoms with E-state index in [0.29, 0.717) is 36.9 Å². The summed E-state index contributed by atoms with van der Waals surface area (Å²) in [5.41, 5.74) is 2.01. The van der Waals surface area contributed by atoms with Crippen LogP contribution in [0.3, 0.4) is 0 Å². The number of rotatable bonds is 7. The van der Waals surface area contributed by atoms with Gasteiger partial charge in [-0.25, -0.2) is 13.1 Å². The molecule has 1 aliphatic carbocycles. The maximum Gasteiger partial charge on any atom is 0.251 e. The van der Waals surface area contributed by atoms with Crippen molar-refractivity contribution >= 4 is 27.5 Å². The zero-order chi connectivity index (χ0) is 21.8. The number of carbonyl (C=O) groups is 2. The Morgan fingerprint density at radius 1 is 1.00 bits per heavy atom. The van der Waals surface area contributed by atoms with Gasteiger partial charge in [0.15, 0.2) is 0 Å². The summed E-state index contributed by atoms with van der Waals surface area (Å²) in [5, 5.41) is 5.31. The van der Waals surface area contributed by atoms with E-state index in [4.69, 9.17) is 0 Å². The van der Waals surface area contributed by atoms with Gasteiger partial charge in [0.1, 0.15) is 0 Å². The van der Waals surface area contributed by atoms with Gasteiger partial charge in [-0.2, -0.15) is 0 Å². The van der Waals surface area contributed by atoms with E-state index in [1.807, 2.05) is 26.8 Å². The first-order valence-electron chi connectivity index (χ1n) is 10.2. The third-order valence-electron chi connectivity index (χ3n) is 5.08. The fourth-order valence-corrected chi connectivity index (χ4v) is 4.39. The normalized spacial score (nSPS) is 20.0. The summed E-state index contributed by atoms with van der Waals surface area (Å²) in [4.78, 5) is 25.0. The Kier molecular flexibility index (Phi) is 7.82. The van der Waals surface area contributed by atoms with E-state index in [-0.39, 0.29) is 29.8 Å². The summed E-state index contributed by atoms with van der Waals surface area (Å²) in [6.45, 7) is 8.98. The van der Waals surface area contributed by atoms with Crippen LogP contribution in [0.5, 0.6) is 0 Å². The van der Waals surface area contributed by atoms with Gasteiger partial charge in [0.25, 0.3) is 5.91 Å². The quantitative estimate of drug-likeness (QED) is 0.627. The molecule has 7 nitrogen and oxygen atoms in total. The highest BCUT2D eigenvalue weighted by atomic mass is 32.2. The molecule has 3 N–H and O–H groups in total.